The number of hydrogen-bond donors (Lipinski definition) is 2. The number of amides is 1. The van der Waals surface area contributed by atoms with Crippen molar-refractivity contribution >= 4 is 23.8 Å². The lowest BCUT2D eigenvalue weighted by Crippen LogP contribution is -2.55. The Bertz CT molecular complexity index is 619. The fourth-order valence-electron chi connectivity index (χ4n) is 2.84. The van der Waals surface area contributed by atoms with E-state index in [4.69, 9.17) is 0 Å². The molecule has 1 saturated heterocycles. The minimum Gasteiger partial charge on any atom is -0.347 e. The number of nitrogens with one attached hydrogen (secondary N) is 2. The first-order valence-electron chi connectivity index (χ1n) is 6.98. The van der Waals surface area contributed by atoms with E-state index in [9.17, 15) is 4.79 Å². The van der Waals surface area contributed by atoms with Crippen LogP contribution in [0.1, 0.15) is 30.6 Å². The van der Waals surface area contributed by atoms with Crippen molar-refractivity contribution in [3.05, 3.63) is 30.4 Å². The lowest BCUT2D eigenvalue weighted by atomic mass is 9.89. The maximum absolute atomic E-state index is 12.5. The number of carbonyl (C=O) groups excluding carboxylic acids is 1. The number of carbonyl (C=O) groups is 1. The van der Waals surface area contributed by atoms with Gasteiger partial charge in [0.2, 0.25) is 0 Å². The summed E-state index contributed by atoms with van der Waals surface area (Å²) < 4.78 is 1.66. The summed E-state index contributed by atoms with van der Waals surface area (Å²) in [5.41, 5.74) is 1.30. The van der Waals surface area contributed by atoms with Crippen LogP contribution in [-0.2, 0) is 0 Å². The van der Waals surface area contributed by atoms with Crippen LogP contribution in [-0.4, -0.2) is 39.1 Å². The van der Waals surface area contributed by atoms with Crippen LogP contribution in [0.25, 0.3) is 5.52 Å². The highest BCUT2D eigenvalue weighted by Gasteiger charge is 2.29. The molecule has 3 rings (SSSR count). The minimum atomic E-state index is -0.0830. The van der Waals surface area contributed by atoms with Gasteiger partial charge in [-0.2, -0.15) is 5.10 Å². The molecule has 3 unspecified atom stereocenters. The van der Waals surface area contributed by atoms with Crippen LogP contribution in [0.15, 0.2) is 24.8 Å². The maximum Gasteiger partial charge on any atom is 0.255 e. The molecule has 1 aliphatic heterocycles. The number of nitrogens with zero attached hydrogens (tertiary/aromatic N) is 3. The van der Waals surface area contributed by atoms with Crippen LogP contribution in [0, 0.1) is 5.92 Å². The number of halogens is 1. The van der Waals surface area contributed by atoms with E-state index in [1.807, 2.05) is 0 Å². The second-order valence-corrected chi connectivity index (χ2v) is 5.47. The third-order valence-corrected chi connectivity index (χ3v) is 4.08. The second-order valence-electron chi connectivity index (χ2n) is 5.47. The van der Waals surface area contributed by atoms with E-state index < -0.39 is 0 Å². The molecule has 2 N–H and O–H groups in total. The average Bonchev–Trinajstić information content (AvgIpc) is 2.87. The lowest BCUT2D eigenvalue weighted by Gasteiger charge is -2.35. The highest BCUT2D eigenvalue weighted by molar-refractivity contribution is 6.00. The van der Waals surface area contributed by atoms with Gasteiger partial charge in [-0.1, -0.05) is 6.92 Å². The van der Waals surface area contributed by atoms with Gasteiger partial charge in [-0.15, -0.1) is 12.4 Å². The molecule has 7 heteroatoms. The topological polar surface area (TPSA) is 71.3 Å². The zero-order valence-electron chi connectivity index (χ0n) is 12.1. The molecule has 1 fully saturated rings. The molecule has 3 heterocycles. The second kappa shape index (κ2) is 6.41. The summed E-state index contributed by atoms with van der Waals surface area (Å²) in [4.78, 5) is 16.5. The lowest BCUT2D eigenvalue weighted by molar-refractivity contribution is 0.0899. The van der Waals surface area contributed by atoms with Crippen molar-refractivity contribution < 1.29 is 4.79 Å². The summed E-state index contributed by atoms with van der Waals surface area (Å²) >= 11 is 0. The predicted molar refractivity (Wildman–Crippen MR) is 82.7 cm³/mol. The number of hydrogen-bond acceptors (Lipinski definition) is 4. The molecule has 0 radical (unpaired) electrons. The van der Waals surface area contributed by atoms with Gasteiger partial charge in [0.15, 0.2) is 0 Å². The van der Waals surface area contributed by atoms with Crippen LogP contribution in [0.4, 0.5) is 0 Å². The van der Waals surface area contributed by atoms with Gasteiger partial charge in [-0.25, -0.2) is 4.52 Å². The molecule has 0 saturated carbocycles. The van der Waals surface area contributed by atoms with Crippen molar-refractivity contribution in [3.63, 3.8) is 0 Å². The third-order valence-electron chi connectivity index (χ3n) is 4.08. The van der Waals surface area contributed by atoms with Crippen LogP contribution < -0.4 is 10.6 Å². The zero-order chi connectivity index (χ0) is 14.1. The molecule has 21 heavy (non-hydrogen) atoms. The van der Waals surface area contributed by atoms with Gasteiger partial charge in [0.25, 0.3) is 5.91 Å². The molecule has 6 nitrogen and oxygen atoms in total. The smallest absolute Gasteiger partial charge is 0.255 e. The Morgan fingerprint density at radius 2 is 2.24 bits per heavy atom. The van der Waals surface area contributed by atoms with Crippen LogP contribution in [0.5, 0.6) is 0 Å². The molecular formula is C14H20ClN5O. The summed E-state index contributed by atoms with van der Waals surface area (Å²) in [5, 5.41) is 10.7. The third kappa shape index (κ3) is 3.01. The number of piperidine rings is 1. The van der Waals surface area contributed by atoms with E-state index in [-0.39, 0.29) is 30.4 Å². The summed E-state index contributed by atoms with van der Waals surface area (Å²) in [6, 6.07) is 0.422. The fraction of sp³-hybridized carbons (Fsp3) is 0.500. The Labute approximate surface area is 129 Å². The van der Waals surface area contributed by atoms with E-state index >= 15 is 0 Å². The Kier molecular flexibility index (Phi) is 4.80. The number of rotatable bonds is 2. The fourth-order valence-corrected chi connectivity index (χ4v) is 2.84. The van der Waals surface area contributed by atoms with E-state index in [1.54, 1.807) is 29.3 Å². The molecule has 1 amide bonds. The van der Waals surface area contributed by atoms with Crippen LogP contribution in [0.3, 0.4) is 0 Å². The SMILES string of the molecule is CC1CCNC(C)C1NC(=O)c1cnn2ccncc12.Cl. The van der Waals surface area contributed by atoms with Gasteiger partial charge in [-0.3, -0.25) is 9.78 Å². The van der Waals surface area contributed by atoms with E-state index in [0.29, 0.717) is 11.5 Å². The van der Waals surface area contributed by atoms with Gasteiger partial charge in [0.1, 0.15) is 0 Å². The summed E-state index contributed by atoms with van der Waals surface area (Å²) in [6.45, 7) is 5.30. The summed E-state index contributed by atoms with van der Waals surface area (Å²) in [7, 11) is 0. The Morgan fingerprint density at radius 1 is 1.43 bits per heavy atom. The quantitative estimate of drug-likeness (QED) is 0.876. The molecule has 1 aliphatic rings. The van der Waals surface area contributed by atoms with Gasteiger partial charge in [0, 0.05) is 24.5 Å². The summed E-state index contributed by atoms with van der Waals surface area (Å²) in [5.74, 6) is 0.385. The molecule has 3 atom stereocenters. The molecule has 2 aromatic heterocycles. The van der Waals surface area contributed by atoms with Crippen molar-refractivity contribution in [2.24, 2.45) is 5.92 Å². The largest absolute Gasteiger partial charge is 0.347 e. The monoisotopic (exact) mass is 309 g/mol. The average molecular weight is 310 g/mol. The van der Waals surface area contributed by atoms with Gasteiger partial charge < -0.3 is 10.6 Å². The highest BCUT2D eigenvalue weighted by Crippen LogP contribution is 2.17. The van der Waals surface area contributed by atoms with E-state index in [2.05, 4.69) is 34.6 Å². The van der Waals surface area contributed by atoms with E-state index in [0.717, 1.165) is 18.5 Å². The highest BCUT2D eigenvalue weighted by atomic mass is 35.5. The van der Waals surface area contributed by atoms with Crippen molar-refractivity contribution in [1.82, 2.24) is 25.2 Å². The molecule has 0 spiro atoms. The Hall–Kier alpha value is -1.66. The molecular weight excluding hydrogens is 290 g/mol. The Morgan fingerprint density at radius 3 is 3.00 bits per heavy atom. The first-order valence-corrected chi connectivity index (χ1v) is 6.98. The first kappa shape index (κ1) is 15.7. The first-order chi connectivity index (χ1) is 9.66. The molecule has 114 valence electrons. The van der Waals surface area contributed by atoms with Crippen molar-refractivity contribution in [1.29, 1.82) is 0 Å². The molecule has 0 bridgehead atoms. The normalized spacial score (nSPS) is 25.3. The molecule has 0 aliphatic carbocycles. The predicted octanol–water partition coefficient (Wildman–Crippen LogP) is 1.27. The molecule has 2 aromatic rings. The standard InChI is InChI=1S/C14H19N5O.ClH/c1-9-3-4-16-10(2)13(9)18-14(20)11-7-17-19-6-5-15-8-12(11)19;/h5-10,13,16H,3-4H2,1-2H3,(H,18,20);1H. The van der Waals surface area contributed by atoms with Crippen molar-refractivity contribution in [2.45, 2.75) is 32.4 Å². The van der Waals surface area contributed by atoms with Gasteiger partial charge in [0.05, 0.1) is 23.5 Å². The van der Waals surface area contributed by atoms with Crippen molar-refractivity contribution in [3.8, 4) is 0 Å². The van der Waals surface area contributed by atoms with Gasteiger partial charge >= 0.3 is 0 Å². The Balaban J connectivity index is 0.00000161. The summed E-state index contributed by atoms with van der Waals surface area (Å²) in [6.07, 6.45) is 7.72. The van der Waals surface area contributed by atoms with Crippen molar-refractivity contribution in [2.75, 3.05) is 6.54 Å². The van der Waals surface area contributed by atoms with Crippen LogP contribution in [0.2, 0.25) is 0 Å². The maximum atomic E-state index is 12.5. The van der Waals surface area contributed by atoms with Crippen LogP contribution >= 0.6 is 12.4 Å². The molecule has 0 aromatic carbocycles. The van der Waals surface area contributed by atoms with E-state index in [1.165, 1.54) is 0 Å². The number of fused-ring (bicyclic) bond motifs is 1. The minimum absolute atomic E-state index is 0. The van der Waals surface area contributed by atoms with Gasteiger partial charge in [-0.05, 0) is 25.8 Å². The number of aromatic nitrogens is 3. The zero-order valence-corrected chi connectivity index (χ0v) is 12.9.